The predicted octanol–water partition coefficient (Wildman–Crippen LogP) is 1.87. The highest BCUT2D eigenvalue weighted by atomic mass is 16.5. The Morgan fingerprint density at radius 3 is 2.82 bits per heavy atom. The fourth-order valence-corrected chi connectivity index (χ4v) is 1.29. The summed E-state index contributed by atoms with van der Waals surface area (Å²) in [4.78, 5) is 11.4. The number of carbonyl (C=O) groups is 1. The van der Waals surface area contributed by atoms with Gasteiger partial charge in [-0.15, -0.1) is 0 Å². The highest BCUT2D eigenvalue weighted by molar-refractivity contribution is 5.88. The predicted molar refractivity (Wildman–Crippen MR) is 63.9 cm³/mol. The second kappa shape index (κ2) is 5.82. The minimum atomic E-state index is -0.329. The zero-order valence-corrected chi connectivity index (χ0v) is 10.9. The van der Waals surface area contributed by atoms with Gasteiger partial charge in [0.2, 0.25) is 0 Å². The Balaban J connectivity index is 2.54. The third kappa shape index (κ3) is 4.19. The molecule has 0 aromatic carbocycles. The van der Waals surface area contributed by atoms with E-state index in [1.54, 1.807) is 24.9 Å². The zero-order chi connectivity index (χ0) is 12.9. The van der Waals surface area contributed by atoms with Crippen LogP contribution in [0.1, 0.15) is 37.6 Å². The number of carbonyl (C=O) groups excluding carboxylic acids is 1. The van der Waals surface area contributed by atoms with Crippen molar-refractivity contribution in [2.45, 2.75) is 39.3 Å². The smallest absolute Gasteiger partial charge is 0.341 e. The first-order valence-electron chi connectivity index (χ1n) is 5.73. The molecule has 0 saturated carbocycles. The summed E-state index contributed by atoms with van der Waals surface area (Å²) in [6.45, 7) is 6.90. The van der Waals surface area contributed by atoms with Crippen molar-refractivity contribution in [1.82, 2.24) is 9.78 Å². The lowest BCUT2D eigenvalue weighted by Crippen LogP contribution is -2.24. The van der Waals surface area contributed by atoms with Gasteiger partial charge in [0.1, 0.15) is 0 Å². The number of aryl methyl sites for hydroxylation is 1. The number of nitrogens with zero attached hydrogens (tertiary/aromatic N) is 2. The fourth-order valence-electron chi connectivity index (χ4n) is 1.29. The van der Waals surface area contributed by atoms with Gasteiger partial charge in [-0.25, -0.2) is 4.79 Å². The van der Waals surface area contributed by atoms with Crippen LogP contribution in [0.5, 0.6) is 0 Å². The summed E-state index contributed by atoms with van der Waals surface area (Å²) in [5.41, 5.74) is 0.304. The summed E-state index contributed by atoms with van der Waals surface area (Å²) in [5, 5.41) is 4.12. The molecule has 0 aliphatic heterocycles. The zero-order valence-electron chi connectivity index (χ0n) is 10.9. The van der Waals surface area contributed by atoms with Crippen LogP contribution in [-0.2, 0) is 16.0 Å². The number of rotatable bonds is 6. The summed E-state index contributed by atoms with van der Waals surface area (Å²) >= 11 is 0. The molecule has 0 N–H and O–H groups in total. The molecule has 0 amide bonds. The van der Waals surface area contributed by atoms with Crippen molar-refractivity contribution in [3.63, 3.8) is 0 Å². The molecule has 0 unspecified atom stereocenters. The summed E-state index contributed by atoms with van der Waals surface area (Å²) in [6, 6.07) is 0. The molecule has 0 aliphatic carbocycles. The average Bonchev–Trinajstić information content (AvgIpc) is 2.76. The number of esters is 1. The van der Waals surface area contributed by atoms with Gasteiger partial charge in [0.25, 0.3) is 0 Å². The molecule has 1 heterocycles. The Kier molecular flexibility index (Phi) is 4.69. The van der Waals surface area contributed by atoms with Crippen molar-refractivity contribution >= 4 is 5.97 Å². The van der Waals surface area contributed by atoms with E-state index in [0.29, 0.717) is 18.7 Å². The summed E-state index contributed by atoms with van der Waals surface area (Å²) in [6.07, 6.45) is 4.05. The molecule has 0 saturated heterocycles. The van der Waals surface area contributed by atoms with Crippen LogP contribution in [0.2, 0.25) is 0 Å². The minimum Gasteiger partial charge on any atom is -0.462 e. The maximum Gasteiger partial charge on any atom is 0.341 e. The van der Waals surface area contributed by atoms with Crippen LogP contribution in [0, 0.1) is 0 Å². The second-order valence-corrected chi connectivity index (χ2v) is 4.43. The molecule has 0 spiro atoms. The molecule has 96 valence electrons. The minimum absolute atomic E-state index is 0.184. The standard InChI is InChI=1S/C12H20N2O3/c1-5-17-11(15)10-8-13-14(9-10)7-6-12(2,3)16-4/h8-9H,5-7H2,1-4H3. The Morgan fingerprint density at radius 1 is 1.53 bits per heavy atom. The number of hydrogen-bond acceptors (Lipinski definition) is 4. The van der Waals surface area contributed by atoms with Crippen molar-refractivity contribution < 1.29 is 14.3 Å². The van der Waals surface area contributed by atoms with Crippen molar-refractivity contribution in [2.24, 2.45) is 0 Å². The molecule has 17 heavy (non-hydrogen) atoms. The average molecular weight is 240 g/mol. The quantitative estimate of drug-likeness (QED) is 0.712. The Hall–Kier alpha value is -1.36. The lowest BCUT2D eigenvalue weighted by Gasteiger charge is -2.22. The van der Waals surface area contributed by atoms with Gasteiger partial charge in [-0.2, -0.15) is 5.10 Å². The van der Waals surface area contributed by atoms with E-state index in [-0.39, 0.29) is 11.6 Å². The lowest BCUT2D eigenvalue weighted by molar-refractivity contribution is 0.0113. The Morgan fingerprint density at radius 2 is 2.24 bits per heavy atom. The van der Waals surface area contributed by atoms with E-state index in [4.69, 9.17) is 9.47 Å². The monoisotopic (exact) mass is 240 g/mol. The highest BCUT2D eigenvalue weighted by Gasteiger charge is 2.17. The van der Waals surface area contributed by atoms with E-state index in [0.717, 1.165) is 6.42 Å². The molecular weight excluding hydrogens is 220 g/mol. The maximum absolute atomic E-state index is 11.4. The van der Waals surface area contributed by atoms with E-state index < -0.39 is 0 Å². The molecule has 5 nitrogen and oxygen atoms in total. The van der Waals surface area contributed by atoms with E-state index in [9.17, 15) is 4.79 Å². The third-order valence-electron chi connectivity index (χ3n) is 2.64. The Bertz CT molecular complexity index is 372. The third-order valence-corrected chi connectivity index (χ3v) is 2.64. The topological polar surface area (TPSA) is 53.3 Å². The van der Waals surface area contributed by atoms with Gasteiger partial charge in [0.05, 0.1) is 24.0 Å². The first kappa shape index (κ1) is 13.7. The van der Waals surface area contributed by atoms with Gasteiger partial charge in [-0.3, -0.25) is 4.68 Å². The summed E-state index contributed by atoms with van der Waals surface area (Å²) < 4.78 is 11.9. The molecule has 5 heteroatoms. The molecule has 0 radical (unpaired) electrons. The van der Waals surface area contributed by atoms with Crippen LogP contribution < -0.4 is 0 Å². The molecule has 1 rings (SSSR count). The van der Waals surface area contributed by atoms with Crippen LogP contribution >= 0.6 is 0 Å². The highest BCUT2D eigenvalue weighted by Crippen LogP contribution is 2.14. The molecule has 0 fully saturated rings. The van der Waals surface area contributed by atoms with Crippen molar-refractivity contribution in [1.29, 1.82) is 0 Å². The van der Waals surface area contributed by atoms with Crippen LogP contribution in [0.25, 0.3) is 0 Å². The van der Waals surface area contributed by atoms with Crippen LogP contribution in [-0.4, -0.2) is 35.1 Å². The first-order chi connectivity index (χ1) is 7.98. The van der Waals surface area contributed by atoms with E-state index >= 15 is 0 Å². The van der Waals surface area contributed by atoms with Gasteiger partial charge in [-0.1, -0.05) is 0 Å². The summed E-state index contributed by atoms with van der Waals surface area (Å²) in [7, 11) is 1.69. The van der Waals surface area contributed by atoms with Gasteiger partial charge < -0.3 is 9.47 Å². The number of aromatic nitrogens is 2. The van der Waals surface area contributed by atoms with E-state index in [1.807, 2.05) is 13.8 Å². The molecule has 1 aromatic heterocycles. The molecule has 0 aliphatic rings. The van der Waals surface area contributed by atoms with Crippen LogP contribution in [0.4, 0.5) is 0 Å². The summed E-state index contributed by atoms with van der Waals surface area (Å²) in [5.74, 6) is -0.329. The largest absolute Gasteiger partial charge is 0.462 e. The van der Waals surface area contributed by atoms with Crippen molar-refractivity contribution in [3.8, 4) is 0 Å². The van der Waals surface area contributed by atoms with Crippen LogP contribution in [0.15, 0.2) is 12.4 Å². The normalized spacial score (nSPS) is 11.5. The number of methoxy groups -OCH3 is 1. The van der Waals surface area contributed by atoms with Crippen molar-refractivity contribution in [2.75, 3.05) is 13.7 Å². The van der Waals surface area contributed by atoms with E-state index in [1.165, 1.54) is 6.20 Å². The molecular formula is C12H20N2O3. The number of ether oxygens (including phenoxy) is 2. The molecule has 0 atom stereocenters. The van der Waals surface area contributed by atoms with Gasteiger partial charge in [-0.05, 0) is 27.2 Å². The number of hydrogen-bond donors (Lipinski definition) is 0. The molecule has 1 aromatic rings. The first-order valence-corrected chi connectivity index (χ1v) is 5.73. The van der Waals surface area contributed by atoms with Gasteiger partial charge in [0, 0.05) is 19.9 Å². The van der Waals surface area contributed by atoms with E-state index in [2.05, 4.69) is 5.10 Å². The van der Waals surface area contributed by atoms with Crippen LogP contribution in [0.3, 0.4) is 0 Å². The lowest BCUT2D eigenvalue weighted by atomic mass is 10.1. The maximum atomic E-state index is 11.4. The SMILES string of the molecule is CCOC(=O)c1cnn(CCC(C)(C)OC)c1. The van der Waals surface area contributed by atoms with Gasteiger partial charge >= 0.3 is 5.97 Å². The Labute approximate surface area is 102 Å². The van der Waals surface area contributed by atoms with Gasteiger partial charge in [0.15, 0.2) is 0 Å². The second-order valence-electron chi connectivity index (χ2n) is 4.43. The molecule has 0 bridgehead atoms. The fraction of sp³-hybridized carbons (Fsp3) is 0.667. The van der Waals surface area contributed by atoms with Crippen molar-refractivity contribution in [3.05, 3.63) is 18.0 Å².